The van der Waals surface area contributed by atoms with Crippen LogP contribution in [-0.4, -0.2) is 17.4 Å². The fourth-order valence-corrected chi connectivity index (χ4v) is 2.38. The van der Waals surface area contributed by atoms with Crippen molar-refractivity contribution in [2.45, 2.75) is 46.1 Å². The Kier molecular flexibility index (Phi) is 4.02. The predicted molar refractivity (Wildman–Crippen MR) is 84.4 cm³/mol. The van der Waals surface area contributed by atoms with Crippen LogP contribution < -0.4 is 10.6 Å². The third kappa shape index (κ3) is 3.56. The molecule has 5 heteroatoms. The molecule has 2 amide bonds. The molecule has 114 valence electrons. The van der Waals surface area contributed by atoms with E-state index in [0.29, 0.717) is 23.6 Å². The van der Waals surface area contributed by atoms with Crippen LogP contribution in [0.25, 0.3) is 0 Å². The van der Waals surface area contributed by atoms with Crippen molar-refractivity contribution < 1.29 is 9.59 Å². The maximum Gasteiger partial charge on any atom is 0.240 e. The number of benzene rings is 1. The molecule has 4 nitrogen and oxygen atoms in total. The minimum absolute atomic E-state index is 0.195. The third-order valence-corrected chi connectivity index (χ3v) is 3.78. The van der Waals surface area contributed by atoms with Crippen LogP contribution >= 0.6 is 11.6 Å². The molecule has 1 aliphatic carbocycles. The van der Waals surface area contributed by atoms with Gasteiger partial charge in [0.25, 0.3) is 0 Å². The van der Waals surface area contributed by atoms with Crippen LogP contribution in [0, 0.1) is 12.3 Å². The van der Waals surface area contributed by atoms with E-state index in [2.05, 4.69) is 10.6 Å². The predicted octanol–water partition coefficient (Wildman–Crippen LogP) is 3.28. The average molecular weight is 309 g/mol. The first-order valence-corrected chi connectivity index (χ1v) is 7.42. The maximum absolute atomic E-state index is 12.5. The van der Waals surface area contributed by atoms with Crippen LogP contribution in [0.5, 0.6) is 0 Å². The highest BCUT2D eigenvalue weighted by atomic mass is 35.5. The molecule has 0 heterocycles. The highest BCUT2D eigenvalue weighted by molar-refractivity contribution is 6.30. The second kappa shape index (κ2) is 5.34. The summed E-state index contributed by atoms with van der Waals surface area (Å²) in [4.78, 5) is 24.8. The van der Waals surface area contributed by atoms with E-state index in [0.717, 1.165) is 5.56 Å². The van der Waals surface area contributed by atoms with Crippen LogP contribution in [0.15, 0.2) is 18.2 Å². The monoisotopic (exact) mass is 308 g/mol. The SMILES string of the molecule is Cc1cc(Cl)ccc1NC(=O)C1(C(=O)NC(C)(C)C)CC1. The quantitative estimate of drug-likeness (QED) is 0.842. The first-order valence-electron chi connectivity index (χ1n) is 7.04. The summed E-state index contributed by atoms with van der Waals surface area (Å²) in [5.74, 6) is -0.436. The van der Waals surface area contributed by atoms with Gasteiger partial charge in [0.15, 0.2) is 0 Å². The summed E-state index contributed by atoms with van der Waals surface area (Å²) in [6.45, 7) is 7.59. The lowest BCUT2D eigenvalue weighted by atomic mass is 10.0. The van der Waals surface area contributed by atoms with E-state index < -0.39 is 5.41 Å². The standard InChI is InChI=1S/C16H21ClN2O2/c1-10-9-11(17)5-6-12(10)18-13(20)16(7-8-16)14(21)19-15(2,3)4/h5-6,9H,7-8H2,1-4H3,(H,18,20)(H,19,21). The fourth-order valence-electron chi connectivity index (χ4n) is 2.15. The fraction of sp³-hybridized carbons (Fsp3) is 0.500. The molecule has 0 radical (unpaired) electrons. The highest BCUT2D eigenvalue weighted by Crippen LogP contribution is 2.47. The summed E-state index contributed by atoms with van der Waals surface area (Å²) in [6, 6.07) is 5.26. The lowest BCUT2D eigenvalue weighted by molar-refractivity contribution is -0.135. The number of carbonyl (C=O) groups is 2. The molecule has 2 N–H and O–H groups in total. The van der Waals surface area contributed by atoms with Crippen LogP contribution in [0.1, 0.15) is 39.2 Å². The van der Waals surface area contributed by atoms with Gasteiger partial charge in [-0.3, -0.25) is 9.59 Å². The molecule has 2 rings (SSSR count). The number of anilines is 1. The Balaban J connectivity index is 2.11. The molecule has 1 aromatic rings. The third-order valence-electron chi connectivity index (χ3n) is 3.54. The molecule has 0 atom stereocenters. The van der Waals surface area contributed by atoms with Gasteiger partial charge in [0.05, 0.1) is 0 Å². The number of hydrogen-bond donors (Lipinski definition) is 2. The van der Waals surface area contributed by atoms with E-state index in [4.69, 9.17) is 11.6 Å². The highest BCUT2D eigenvalue weighted by Gasteiger charge is 2.57. The van der Waals surface area contributed by atoms with Crippen molar-refractivity contribution in [3.8, 4) is 0 Å². The van der Waals surface area contributed by atoms with Gasteiger partial charge >= 0.3 is 0 Å². The van der Waals surface area contributed by atoms with Crippen molar-refractivity contribution in [2.24, 2.45) is 5.41 Å². The number of amides is 2. The number of halogens is 1. The Morgan fingerprint density at radius 2 is 1.81 bits per heavy atom. The number of hydrogen-bond acceptors (Lipinski definition) is 2. The number of nitrogens with one attached hydrogen (secondary N) is 2. The van der Waals surface area contributed by atoms with E-state index in [9.17, 15) is 9.59 Å². The van der Waals surface area contributed by atoms with Gasteiger partial charge in [-0.05, 0) is 64.3 Å². The number of aryl methyl sites for hydroxylation is 1. The minimum Gasteiger partial charge on any atom is -0.351 e. The van der Waals surface area contributed by atoms with Gasteiger partial charge in [0.1, 0.15) is 5.41 Å². The summed E-state index contributed by atoms with van der Waals surface area (Å²) >= 11 is 5.90. The van der Waals surface area contributed by atoms with Crippen molar-refractivity contribution in [3.05, 3.63) is 28.8 Å². The summed E-state index contributed by atoms with van der Waals surface area (Å²) < 4.78 is 0. The van der Waals surface area contributed by atoms with Crippen LogP contribution in [-0.2, 0) is 9.59 Å². The van der Waals surface area contributed by atoms with E-state index in [1.54, 1.807) is 18.2 Å². The first-order chi connectivity index (χ1) is 9.64. The maximum atomic E-state index is 12.5. The zero-order valence-corrected chi connectivity index (χ0v) is 13.6. The Morgan fingerprint density at radius 3 is 2.29 bits per heavy atom. The molecule has 0 unspecified atom stereocenters. The molecule has 0 aliphatic heterocycles. The summed E-state index contributed by atoms with van der Waals surface area (Å²) in [5, 5.41) is 6.36. The molecule has 0 saturated heterocycles. The molecule has 1 aliphatic rings. The van der Waals surface area contributed by atoms with E-state index in [1.165, 1.54) is 0 Å². The molecule has 1 saturated carbocycles. The Morgan fingerprint density at radius 1 is 1.19 bits per heavy atom. The molecule has 0 aromatic heterocycles. The number of carbonyl (C=O) groups excluding carboxylic acids is 2. The second-order valence-corrected chi connectivity index (χ2v) is 7.14. The van der Waals surface area contributed by atoms with Crippen molar-refractivity contribution in [2.75, 3.05) is 5.32 Å². The smallest absolute Gasteiger partial charge is 0.240 e. The molecule has 0 spiro atoms. The molecular formula is C16H21ClN2O2. The molecule has 1 fully saturated rings. The zero-order valence-electron chi connectivity index (χ0n) is 12.8. The van der Waals surface area contributed by atoms with Crippen LogP contribution in [0.4, 0.5) is 5.69 Å². The molecule has 21 heavy (non-hydrogen) atoms. The largest absolute Gasteiger partial charge is 0.351 e. The van der Waals surface area contributed by atoms with Gasteiger partial charge in [-0.2, -0.15) is 0 Å². The van der Waals surface area contributed by atoms with E-state index >= 15 is 0 Å². The van der Waals surface area contributed by atoms with Crippen molar-refractivity contribution >= 4 is 29.1 Å². The summed E-state index contributed by atoms with van der Waals surface area (Å²) in [5.41, 5.74) is 0.310. The van der Waals surface area contributed by atoms with Gasteiger partial charge in [-0.25, -0.2) is 0 Å². The van der Waals surface area contributed by atoms with Crippen molar-refractivity contribution in [1.82, 2.24) is 5.32 Å². The first kappa shape index (κ1) is 15.8. The Bertz CT molecular complexity index is 586. The zero-order chi connectivity index (χ0) is 15.8. The lowest BCUT2D eigenvalue weighted by Gasteiger charge is -2.24. The lowest BCUT2D eigenvalue weighted by Crippen LogP contribution is -2.48. The van der Waals surface area contributed by atoms with Gasteiger partial charge < -0.3 is 10.6 Å². The van der Waals surface area contributed by atoms with Crippen molar-refractivity contribution in [1.29, 1.82) is 0 Å². The Labute approximate surface area is 130 Å². The van der Waals surface area contributed by atoms with Gasteiger partial charge in [0, 0.05) is 16.2 Å². The van der Waals surface area contributed by atoms with Crippen LogP contribution in [0.2, 0.25) is 5.02 Å². The molecule has 0 bridgehead atoms. The topological polar surface area (TPSA) is 58.2 Å². The Hall–Kier alpha value is -1.55. The average Bonchev–Trinajstić information content (AvgIpc) is 3.11. The summed E-state index contributed by atoms with van der Waals surface area (Å²) in [7, 11) is 0. The summed E-state index contributed by atoms with van der Waals surface area (Å²) in [6.07, 6.45) is 1.18. The van der Waals surface area contributed by atoms with E-state index in [1.807, 2.05) is 27.7 Å². The molecular weight excluding hydrogens is 288 g/mol. The normalized spacial score (nSPS) is 16.2. The molecule has 1 aromatic carbocycles. The minimum atomic E-state index is -0.917. The van der Waals surface area contributed by atoms with Crippen LogP contribution in [0.3, 0.4) is 0 Å². The number of rotatable bonds is 3. The van der Waals surface area contributed by atoms with Crippen molar-refractivity contribution in [3.63, 3.8) is 0 Å². The second-order valence-electron chi connectivity index (χ2n) is 6.70. The van der Waals surface area contributed by atoms with Gasteiger partial charge in [-0.15, -0.1) is 0 Å². The van der Waals surface area contributed by atoms with Gasteiger partial charge in [-0.1, -0.05) is 11.6 Å². The van der Waals surface area contributed by atoms with Gasteiger partial charge in [0.2, 0.25) is 11.8 Å². The van der Waals surface area contributed by atoms with E-state index in [-0.39, 0.29) is 17.4 Å².